The van der Waals surface area contributed by atoms with Crippen molar-refractivity contribution in [1.29, 1.82) is 0 Å². The fourth-order valence-corrected chi connectivity index (χ4v) is 3.46. The molecular weight excluding hydrogens is 276 g/mol. The van der Waals surface area contributed by atoms with Crippen LogP contribution >= 0.6 is 23.1 Å². The lowest BCUT2D eigenvalue weighted by molar-refractivity contribution is -0.114. The van der Waals surface area contributed by atoms with E-state index in [2.05, 4.69) is 42.3 Å². The van der Waals surface area contributed by atoms with Crippen LogP contribution in [0.15, 0.2) is 28.5 Å². The van der Waals surface area contributed by atoms with E-state index in [1.807, 2.05) is 5.38 Å². The molecule has 0 aliphatic carbocycles. The number of nitrogens with one attached hydrogen (secondary N) is 1. The largest absolute Gasteiger partial charge is 0.302 e. The number of carbonyl (C=O) groups excluding carboxylic acids is 1. The first kappa shape index (κ1) is 14.1. The molecule has 1 aromatic carbocycles. The third-order valence-corrected chi connectivity index (χ3v) is 4.56. The van der Waals surface area contributed by atoms with Gasteiger partial charge in [-0.2, -0.15) is 0 Å². The van der Waals surface area contributed by atoms with Crippen molar-refractivity contribution in [2.75, 3.05) is 5.32 Å². The smallest absolute Gasteiger partial charge is 0.223 e. The summed E-state index contributed by atoms with van der Waals surface area (Å²) in [5.41, 5.74) is 3.57. The van der Waals surface area contributed by atoms with E-state index in [0.717, 1.165) is 11.4 Å². The van der Waals surface area contributed by atoms with Gasteiger partial charge >= 0.3 is 0 Å². The second-order valence-corrected chi connectivity index (χ2v) is 6.26. The average molecular weight is 292 g/mol. The van der Waals surface area contributed by atoms with Gasteiger partial charge in [-0.25, -0.2) is 4.98 Å². The molecule has 100 valence electrons. The molecular formula is C14H16N2OS2. The number of hydrogen-bond acceptors (Lipinski definition) is 4. The third-order valence-electron chi connectivity index (χ3n) is 2.54. The van der Waals surface area contributed by atoms with E-state index in [1.165, 1.54) is 34.3 Å². The fraction of sp³-hybridized carbons (Fsp3) is 0.286. The number of benzene rings is 1. The summed E-state index contributed by atoms with van der Waals surface area (Å²) in [5.74, 6) is 0.739. The molecule has 1 heterocycles. The van der Waals surface area contributed by atoms with Crippen LogP contribution in [0.5, 0.6) is 0 Å². The summed E-state index contributed by atoms with van der Waals surface area (Å²) in [7, 11) is 0. The Morgan fingerprint density at radius 3 is 2.89 bits per heavy atom. The predicted molar refractivity (Wildman–Crippen MR) is 81.9 cm³/mol. The first-order chi connectivity index (χ1) is 9.04. The standard InChI is InChI=1S/C14H16N2OS2/c1-9-4-5-13(10(2)6-9)18-7-12-8-19-14(16-12)15-11(3)17/h4-6,8H,7H2,1-3H3,(H,15,16,17). The van der Waals surface area contributed by atoms with E-state index >= 15 is 0 Å². The highest BCUT2D eigenvalue weighted by Gasteiger charge is 2.05. The summed E-state index contributed by atoms with van der Waals surface area (Å²) in [5, 5.41) is 5.36. The fourth-order valence-electron chi connectivity index (χ4n) is 1.69. The van der Waals surface area contributed by atoms with Crippen LogP contribution in [0.3, 0.4) is 0 Å². The van der Waals surface area contributed by atoms with E-state index in [0.29, 0.717) is 5.13 Å². The van der Waals surface area contributed by atoms with Gasteiger partial charge in [-0.1, -0.05) is 17.7 Å². The molecule has 0 bridgehead atoms. The summed E-state index contributed by atoms with van der Waals surface area (Å²) in [4.78, 5) is 16.6. The van der Waals surface area contributed by atoms with Crippen molar-refractivity contribution < 1.29 is 4.79 Å². The second-order valence-electron chi connectivity index (χ2n) is 4.38. The minimum atomic E-state index is -0.0806. The zero-order valence-electron chi connectivity index (χ0n) is 11.2. The van der Waals surface area contributed by atoms with Crippen molar-refractivity contribution in [2.45, 2.75) is 31.4 Å². The van der Waals surface area contributed by atoms with Crippen molar-refractivity contribution in [3.05, 3.63) is 40.4 Å². The number of hydrogen-bond donors (Lipinski definition) is 1. The Morgan fingerprint density at radius 2 is 2.21 bits per heavy atom. The second kappa shape index (κ2) is 6.21. The predicted octanol–water partition coefficient (Wildman–Crippen LogP) is 4.01. The van der Waals surface area contributed by atoms with Gasteiger partial charge in [0.25, 0.3) is 0 Å². The minimum Gasteiger partial charge on any atom is -0.302 e. The van der Waals surface area contributed by atoms with Gasteiger partial charge in [0, 0.05) is 23.0 Å². The molecule has 19 heavy (non-hydrogen) atoms. The van der Waals surface area contributed by atoms with Gasteiger partial charge in [-0.15, -0.1) is 23.1 Å². The van der Waals surface area contributed by atoms with Crippen LogP contribution in [0.2, 0.25) is 0 Å². The number of amides is 1. The molecule has 1 N–H and O–H groups in total. The van der Waals surface area contributed by atoms with E-state index in [9.17, 15) is 4.79 Å². The molecule has 0 radical (unpaired) electrons. The quantitative estimate of drug-likeness (QED) is 0.866. The van der Waals surface area contributed by atoms with Gasteiger partial charge in [-0.3, -0.25) is 4.79 Å². The van der Waals surface area contributed by atoms with Crippen LogP contribution in [-0.4, -0.2) is 10.9 Å². The summed E-state index contributed by atoms with van der Waals surface area (Å²) in [6.07, 6.45) is 0. The molecule has 0 fully saturated rings. The molecule has 0 atom stereocenters. The summed E-state index contributed by atoms with van der Waals surface area (Å²) in [6, 6.07) is 6.46. The Hall–Kier alpha value is -1.33. The Labute approximate surface area is 121 Å². The Balaban J connectivity index is 1.98. The number of aryl methyl sites for hydroxylation is 2. The van der Waals surface area contributed by atoms with E-state index < -0.39 is 0 Å². The lowest BCUT2D eigenvalue weighted by Gasteiger charge is -2.05. The first-order valence-corrected chi connectivity index (χ1v) is 7.83. The van der Waals surface area contributed by atoms with Crippen LogP contribution in [0, 0.1) is 13.8 Å². The van der Waals surface area contributed by atoms with Crippen molar-refractivity contribution in [1.82, 2.24) is 4.98 Å². The number of aromatic nitrogens is 1. The van der Waals surface area contributed by atoms with Crippen molar-refractivity contribution in [3.63, 3.8) is 0 Å². The van der Waals surface area contributed by atoms with Crippen LogP contribution in [0.1, 0.15) is 23.7 Å². The number of nitrogens with zero attached hydrogens (tertiary/aromatic N) is 1. The SMILES string of the molecule is CC(=O)Nc1nc(CSc2ccc(C)cc2C)cs1. The lowest BCUT2D eigenvalue weighted by atomic mass is 10.2. The van der Waals surface area contributed by atoms with Gasteiger partial charge in [0.2, 0.25) is 5.91 Å². The van der Waals surface area contributed by atoms with Crippen molar-refractivity contribution >= 4 is 34.1 Å². The molecule has 0 unspecified atom stereocenters. The van der Waals surface area contributed by atoms with Crippen LogP contribution in [-0.2, 0) is 10.5 Å². The lowest BCUT2D eigenvalue weighted by Crippen LogP contribution is -2.05. The molecule has 0 aliphatic heterocycles. The molecule has 5 heteroatoms. The molecule has 0 aliphatic rings. The van der Waals surface area contributed by atoms with Crippen LogP contribution in [0.4, 0.5) is 5.13 Å². The Bertz CT molecular complexity index is 593. The molecule has 0 spiro atoms. The summed E-state index contributed by atoms with van der Waals surface area (Å²) in [6.45, 7) is 5.71. The third kappa shape index (κ3) is 4.08. The molecule has 0 saturated heterocycles. The maximum absolute atomic E-state index is 10.9. The number of thioether (sulfide) groups is 1. The molecule has 1 amide bonds. The number of thiazole rings is 1. The molecule has 1 aromatic heterocycles. The number of anilines is 1. The Kier molecular flexibility index (Phi) is 4.61. The zero-order chi connectivity index (χ0) is 13.8. The van der Waals surface area contributed by atoms with E-state index in [1.54, 1.807) is 11.8 Å². The molecule has 3 nitrogen and oxygen atoms in total. The molecule has 2 rings (SSSR count). The maximum atomic E-state index is 10.9. The van der Waals surface area contributed by atoms with Crippen molar-refractivity contribution in [2.24, 2.45) is 0 Å². The first-order valence-electron chi connectivity index (χ1n) is 5.96. The normalized spacial score (nSPS) is 10.5. The van der Waals surface area contributed by atoms with Crippen LogP contribution < -0.4 is 5.32 Å². The monoisotopic (exact) mass is 292 g/mol. The molecule has 0 saturated carbocycles. The van der Waals surface area contributed by atoms with Gasteiger partial charge < -0.3 is 5.32 Å². The number of rotatable bonds is 4. The highest BCUT2D eigenvalue weighted by Crippen LogP contribution is 2.28. The van der Waals surface area contributed by atoms with E-state index in [-0.39, 0.29) is 5.91 Å². The van der Waals surface area contributed by atoms with Gasteiger partial charge in [0.15, 0.2) is 5.13 Å². The van der Waals surface area contributed by atoms with Crippen molar-refractivity contribution in [3.8, 4) is 0 Å². The topological polar surface area (TPSA) is 42.0 Å². The summed E-state index contributed by atoms with van der Waals surface area (Å²) >= 11 is 3.24. The average Bonchev–Trinajstić information content (AvgIpc) is 2.74. The number of carbonyl (C=O) groups is 1. The van der Waals surface area contributed by atoms with Crippen LogP contribution in [0.25, 0.3) is 0 Å². The van der Waals surface area contributed by atoms with Gasteiger partial charge in [0.1, 0.15) is 0 Å². The highest BCUT2D eigenvalue weighted by atomic mass is 32.2. The molecule has 2 aromatic rings. The van der Waals surface area contributed by atoms with E-state index in [4.69, 9.17) is 0 Å². The zero-order valence-corrected chi connectivity index (χ0v) is 12.8. The van der Waals surface area contributed by atoms with Gasteiger partial charge in [0.05, 0.1) is 5.69 Å². The minimum absolute atomic E-state index is 0.0806. The van der Waals surface area contributed by atoms with Gasteiger partial charge in [-0.05, 0) is 25.5 Å². The maximum Gasteiger partial charge on any atom is 0.223 e. The summed E-state index contributed by atoms with van der Waals surface area (Å²) < 4.78 is 0. The highest BCUT2D eigenvalue weighted by molar-refractivity contribution is 7.98. The Morgan fingerprint density at radius 1 is 1.42 bits per heavy atom.